The Labute approximate surface area is 191 Å². The normalized spacial score (nSPS) is 15.9. The van der Waals surface area contributed by atoms with E-state index in [0.29, 0.717) is 11.9 Å². The second-order valence-electron chi connectivity index (χ2n) is 7.90. The van der Waals surface area contributed by atoms with Crippen molar-refractivity contribution in [2.75, 3.05) is 13.7 Å². The van der Waals surface area contributed by atoms with Crippen molar-refractivity contribution in [3.05, 3.63) is 82.8 Å². The van der Waals surface area contributed by atoms with Crippen LogP contribution >= 0.6 is 11.6 Å². The number of hydrogen-bond donors (Lipinski definition) is 1. The van der Waals surface area contributed by atoms with Crippen molar-refractivity contribution in [3.63, 3.8) is 0 Å². The summed E-state index contributed by atoms with van der Waals surface area (Å²) in [5, 5.41) is 9.27. The first-order chi connectivity index (χ1) is 15.7. The van der Waals surface area contributed by atoms with Crippen LogP contribution in [0.3, 0.4) is 0 Å². The molecule has 162 valence electrons. The highest BCUT2D eigenvalue weighted by molar-refractivity contribution is 6.30. The number of aromatic nitrogens is 4. The molecule has 0 spiro atoms. The molecule has 32 heavy (non-hydrogen) atoms. The van der Waals surface area contributed by atoms with Gasteiger partial charge in [0.05, 0.1) is 24.0 Å². The number of hydrogen-bond acceptors (Lipinski definition) is 5. The Morgan fingerprint density at radius 3 is 2.91 bits per heavy atom. The molecule has 7 heteroatoms. The molecule has 0 bridgehead atoms. The maximum absolute atomic E-state index is 5.94. The number of nitrogens with zero attached hydrogens (tertiary/aromatic N) is 4. The molecule has 1 atom stereocenters. The lowest BCUT2D eigenvalue weighted by atomic mass is 9.93. The minimum Gasteiger partial charge on any atom is -0.481 e. The quantitative estimate of drug-likeness (QED) is 0.468. The van der Waals surface area contributed by atoms with Crippen LogP contribution in [-0.2, 0) is 12.8 Å². The van der Waals surface area contributed by atoms with E-state index in [0.717, 1.165) is 58.8 Å². The van der Waals surface area contributed by atoms with Crippen LogP contribution < -0.4 is 10.1 Å². The van der Waals surface area contributed by atoms with Crippen LogP contribution in [0.25, 0.3) is 22.8 Å². The predicted molar refractivity (Wildman–Crippen MR) is 128 cm³/mol. The zero-order chi connectivity index (χ0) is 21.9. The SMILES string of the molecule is COc1ccc2nccc(-n3cc4c(n3)CCC(NCC=Cc3ccc(Cl)cc3)C4)c2n1. The number of aryl methyl sites for hydroxylation is 1. The highest BCUT2D eigenvalue weighted by atomic mass is 35.5. The Kier molecular flexibility index (Phi) is 5.88. The summed E-state index contributed by atoms with van der Waals surface area (Å²) >= 11 is 5.94. The minimum absolute atomic E-state index is 0.433. The maximum Gasteiger partial charge on any atom is 0.213 e. The van der Waals surface area contributed by atoms with Crippen molar-refractivity contribution in [2.45, 2.75) is 25.3 Å². The monoisotopic (exact) mass is 445 g/mol. The molecular weight excluding hydrogens is 422 g/mol. The van der Waals surface area contributed by atoms with Gasteiger partial charge in [0.15, 0.2) is 0 Å². The predicted octanol–water partition coefficient (Wildman–Crippen LogP) is 4.64. The molecule has 3 aromatic heterocycles. The van der Waals surface area contributed by atoms with Crippen molar-refractivity contribution in [1.29, 1.82) is 0 Å². The lowest BCUT2D eigenvalue weighted by Gasteiger charge is -2.21. The standard InChI is InChI=1S/C25H24ClN5O/c1-32-24-11-10-22-25(29-24)23(12-14-28-22)31-16-18-15-20(8-9-21(18)30-31)27-13-2-3-17-4-6-19(26)7-5-17/h2-7,10-12,14,16,20,27H,8-9,13,15H2,1H3. The number of methoxy groups -OCH3 is 1. The first-order valence-electron chi connectivity index (χ1n) is 10.7. The number of benzene rings is 1. The van der Waals surface area contributed by atoms with Gasteiger partial charge in [0.1, 0.15) is 5.52 Å². The average Bonchev–Trinajstić information content (AvgIpc) is 3.25. The summed E-state index contributed by atoms with van der Waals surface area (Å²) in [5.41, 5.74) is 6.12. The van der Waals surface area contributed by atoms with Crippen LogP contribution in [0.2, 0.25) is 5.02 Å². The Bertz CT molecular complexity index is 1270. The molecule has 0 saturated carbocycles. The second-order valence-corrected chi connectivity index (χ2v) is 8.34. The smallest absolute Gasteiger partial charge is 0.213 e. The molecule has 4 aromatic rings. The summed E-state index contributed by atoms with van der Waals surface area (Å²) in [6.45, 7) is 0.829. The van der Waals surface area contributed by atoms with Crippen molar-refractivity contribution in [2.24, 2.45) is 0 Å². The van der Waals surface area contributed by atoms with Crippen LogP contribution in [0.1, 0.15) is 23.2 Å². The Morgan fingerprint density at radius 2 is 2.06 bits per heavy atom. The van der Waals surface area contributed by atoms with Gasteiger partial charge < -0.3 is 10.1 Å². The minimum atomic E-state index is 0.433. The second kappa shape index (κ2) is 9.10. The molecule has 0 aliphatic heterocycles. The zero-order valence-electron chi connectivity index (χ0n) is 17.8. The van der Waals surface area contributed by atoms with E-state index in [9.17, 15) is 0 Å². The van der Waals surface area contributed by atoms with Crippen molar-refractivity contribution in [3.8, 4) is 11.6 Å². The van der Waals surface area contributed by atoms with Crippen LogP contribution in [0.5, 0.6) is 5.88 Å². The van der Waals surface area contributed by atoms with Crippen molar-refractivity contribution in [1.82, 2.24) is 25.1 Å². The number of ether oxygens (including phenoxy) is 1. The third-order valence-electron chi connectivity index (χ3n) is 5.77. The number of rotatable bonds is 6. The topological polar surface area (TPSA) is 64.9 Å². The van der Waals surface area contributed by atoms with Gasteiger partial charge in [-0.2, -0.15) is 5.10 Å². The third-order valence-corrected chi connectivity index (χ3v) is 6.02. The van der Waals surface area contributed by atoms with Crippen LogP contribution in [-0.4, -0.2) is 39.4 Å². The lowest BCUT2D eigenvalue weighted by Crippen LogP contribution is -2.34. The van der Waals surface area contributed by atoms with Gasteiger partial charge in [-0.3, -0.25) is 4.98 Å². The van der Waals surface area contributed by atoms with Crippen molar-refractivity contribution >= 4 is 28.7 Å². The summed E-state index contributed by atoms with van der Waals surface area (Å²) < 4.78 is 7.23. The van der Waals surface area contributed by atoms with Gasteiger partial charge in [-0.1, -0.05) is 35.9 Å². The molecule has 1 N–H and O–H groups in total. The van der Waals surface area contributed by atoms with Gasteiger partial charge in [0.25, 0.3) is 0 Å². The van der Waals surface area contributed by atoms with Gasteiger partial charge in [0.2, 0.25) is 5.88 Å². The van der Waals surface area contributed by atoms with Gasteiger partial charge >= 0.3 is 0 Å². The van der Waals surface area contributed by atoms with Gasteiger partial charge in [-0.25, -0.2) is 9.67 Å². The van der Waals surface area contributed by atoms with E-state index in [1.807, 2.05) is 47.1 Å². The number of pyridine rings is 2. The fourth-order valence-electron chi connectivity index (χ4n) is 4.10. The molecule has 1 aliphatic rings. The first kappa shape index (κ1) is 20.7. The third kappa shape index (κ3) is 4.38. The average molecular weight is 446 g/mol. The van der Waals surface area contributed by atoms with Crippen LogP contribution in [0.4, 0.5) is 0 Å². The molecular formula is C25H24ClN5O. The van der Waals surface area contributed by atoms with Crippen LogP contribution in [0, 0.1) is 0 Å². The summed E-state index contributed by atoms with van der Waals surface area (Å²) in [5.74, 6) is 0.569. The van der Waals surface area contributed by atoms with E-state index >= 15 is 0 Å². The molecule has 0 saturated heterocycles. The van der Waals surface area contributed by atoms with Gasteiger partial charge in [-0.15, -0.1) is 0 Å². The maximum atomic E-state index is 5.94. The molecule has 3 heterocycles. The first-order valence-corrected chi connectivity index (χ1v) is 11.1. The fourth-order valence-corrected chi connectivity index (χ4v) is 4.22. The van der Waals surface area contributed by atoms with Gasteiger partial charge in [-0.05, 0) is 54.7 Å². The summed E-state index contributed by atoms with van der Waals surface area (Å²) in [7, 11) is 1.62. The Morgan fingerprint density at radius 1 is 1.19 bits per heavy atom. The molecule has 0 amide bonds. The summed E-state index contributed by atoms with van der Waals surface area (Å²) in [6, 6.07) is 14.0. The Hall–Kier alpha value is -3.22. The van der Waals surface area contributed by atoms with Gasteiger partial charge in [0, 0.05) is 36.1 Å². The van der Waals surface area contributed by atoms with E-state index in [-0.39, 0.29) is 0 Å². The summed E-state index contributed by atoms with van der Waals surface area (Å²) in [6.07, 6.45) is 11.2. The van der Waals surface area contributed by atoms with E-state index in [1.54, 1.807) is 13.3 Å². The van der Waals surface area contributed by atoms with Crippen molar-refractivity contribution < 1.29 is 4.74 Å². The highest BCUT2D eigenvalue weighted by Crippen LogP contribution is 2.25. The zero-order valence-corrected chi connectivity index (χ0v) is 18.6. The van der Waals surface area contributed by atoms with E-state index in [1.165, 1.54) is 5.56 Å². The molecule has 0 radical (unpaired) electrons. The molecule has 1 unspecified atom stereocenters. The molecule has 0 fully saturated rings. The summed E-state index contributed by atoms with van der Waals surface area (Å²) in [4.78, 5) is 9.02. The number of nitrogens with one attached hydrogen (secondary N) is 1. The largest absolute Gasteiger partial charge is 0.481 e. The fraction of sp³-hybridized carbons (Fsp3) is 0.240. The van der Waals surface area contributed by atoms with E-state index in [4.69, 9.17) is 21.4 Å². The number of fused-ring (bicyclic) bond motifs is 2. The molecule has 5 rings (SSSR count). The van der Waals surface area contributed by atoms with Crippen LogP contribution in [0.15, 0.2) is 60.9 Å². The molecule has 6 nitrogen and oxygen atoms in total. The lowest BCUT2D eigenvalue weighted by molar-refractivity contribution is 0.399. The molecule has 1 aromatic carbocycles. The highest BCUT2D eigenvalue weighted by Gasteiger charge is 2.22. The van der Waals surface area contributed by atoms with E-state index in [2.05, 4.69) is 33.6 Å². The number of halogens is 1. The van der Waals surface area contributed by atoms with E-state index < -0.39 is 0 Å². The Balaban J connectivity index is 1.28. The molecule has 1 aliphatic carbocycles.